The molecule has 108 valence electrons. The van der Waals surface area contributed by atoms with Gasteiger partial charge in [0.05, 0.1) is 6.04 Å². The molecule has 0 radical (unpaired) electrons. The second-order valence-corrected chi connectivity index (χ2v) is 7.20. The average molecular weight is 347 g/mol. The lowest BCUT2D eigenvalue weighted by molar-refractivity contribution is 0.0898. The van der Waals surface area contributed by atoms with Crippen LogP contribution in [-0.2, 0) is 0 Å². The number of rotatable bonds is 5. The third-order valence-corrected chi connectivity index (χ3v) is 5.82. The van der Waals surface area contributed by atoms with E-state index in [9.17, 15) is 5.11 Å². The van der Waals surface area contributed by atoms with E-state index in [4.69, 9.17) is 5.73 Å². The summed E-state index contributed by atoms with van der Waals surface area (Å²) in [7, 11) is 0. The Morgan fingerprint density at radius 1 is 1.53 bits per heavy atom. The minimum atomic E-state index is 0.177. The minimum absolute atomic E-state index is 0.177. The van der Waals surface area contributed by atoms with Gasteiger partial charge in [0.2, 0.25) is 0 Å². The van der Waals surface area contributed by atoms with E-state index in [0.717, 1.165) is 36.8 Å². The van der Waals surface area contributed by atoms with Crippen molar-refractivity contribution in [2.75, 3.05) is 19.7 Å². The molecule has 0 bridgehead atoms. The summed E-state index contributed by atoms with van der Waals surface area (Å²) in [6.07, 6.45) is 3.14. The van der Waals surface area contributed by atoms with Gasteiger partial charge >= 0.3 is 0 Å². The van der Waals surface area contributed by atoms with Gasteiger partial charge in [0.25, 0.3) is 0 Å². The lowest BCUT2D eigenvalue weighted by atomic mass is 9.94. The standard InChI is InChI=1S/C14H23BrN2OS/c1-2-12(16)14(13-7-11(15)9-19-13)17-5-3-10(8-18)4-6-17/h7,9-10,12,14,18H,2-6,8,16H2,1H3. The van der Waals surface area contributed by atoms with Gasteiger partial charge in [-0.25, -0.2) is 0 Å². The normalized spacial score (nSPS) is 21.5. The molecule has 0 spiro atoms. The smallest absolute Gasteiger partial charge is 0.0593 e. The second kappa shape index (κ2) is 7.18. The zero-order valence-corrected chi connectivity index (χ0v) is 13.8. The molecule has 1 fully saturated rings. The number of hydrogen-bond donors (Lipinski definition) is 2. The molecule has 2 atom stereocenters. The molecular weight excluding hydrogens is 324 g/mol. The summed E-state index contributed by atoms with van der Waals surface area (Å²) < 4.78 is 1.14. The van der Waals surface area contributed by atoms with Crippen LogP contribution < -0.4 is 5.73 Å². The van der Waals surface area contributed by atoms with Crippen molar-refractivity contribution in [3.05, 3.63) is 20.8 Å². The number of nitrogens with two attached hydrogens (primary N) is 1. The lowest BCUT2D eigenvalue weighted by Gasteiger charge is -2.39. The van der Waals surface area contributed by atoms with Crippen molar-refractivity contribution >= 4 is 27.3 Å². The van der Waals surface area contributed by atoms with E-state index in [1.54, 1.807) is 11.3 Å². The molecule has 1 aliphatic heterocycles. The van der Waals surface area contributed by atoms with Gasteiger partial charge in [-0.3, -0.25) is 4.90 Å². The van der Waals surface area contributed by atoms with Crippen LogP contribution in [0.3, 0.4) is 0 Å². The first-order chi connectivity index (χ1) is 9.15. The quantitative estimate of drug-likeness (QED) is 0.861. The predicted molar refractivity (Wildman–Crippen MR) is 84.4 cm³/mol. The van der Waals surface area contributed by atoms with Gasteiger partial charge in [0.15, 0.2) is 0 Å². The van der Waals surface area contributed by atoms with E-state index in [0.29, 0.717) is 18.6 Å². The molecule has 2 unspecified atom stereocenters. The van der Waals surface area contributed by atoms with E-state index in [1.165, 1.54) is 4.88 Å². The summed E-state index contributed by atoms with van der Waals surface area (Å²) in [5.41, 5.74) is 6.36. The number of nitrogens with zero attached hydrogens (tertiary/aromatic N) is 1. The first-order valence-electron chi connectivity index (χ1n) is 7.00. The van der Waals surface area contributed by atoms with E-state index < -0.39 is 0 Å². The Morgan fingerprint density at radius 2 is 2.21 bits per heavy atom. The van der Waals surface area contributed by atoms with Crippen molar-refractivity contribution in [2.24, 2.45) is 11.7 Å². The Kier molecular flexibility index (Phi) is 5.84. The van der Waals surface area contributed by atoms with Crippen LogP contribution in [0.2, 0.25) is 0 Å². The van der Waals surface area contributed by atoms with Gasteiger partial charge in [-0.2, -0.15) is 0 Å². The molecule has 0 aliphatic carbocycles. The van der Waals surface area contributed by atoms with Gasteiger partial charge in [-0.1, -0.05) is 6.92 Å². The van der Waals surface area contributed by atoms with Crippen molar-refractivity contribution in [2.45, 2.75) is 38.3 Å². The highest BCUT2D eigenvalue weighted by atomic mass is 79.9. The molecule has 1 aromatic heterocycles. The van der Waals surface area contributed by atoms with Gasteiger partial charge < -0.3 is 10.8 Å². The summed E-state index contributed by atoms with van der Waals surface area (Å²) in [4.78, 5) is 3.85. The average Bonchev–Trinajstić information content (AvgIpc) is 2.86. The molecule has 1 saturated heterocycles. The molecule has 2 heterocycles. The highest BCUT2D eigenvalue weighted by Gasteiger charge is 2.30. The fourth-order valence-corrected chi connectivity index (χ4v) is 4.44. The van der Waals surface area contributed by atoms with Gasteiger partial charge in [-0.05, 0) is 60.3 Å². The summed E-state index contributed by atoms with van der Waals surface area (Å²) in [5, 5.41) is 11.4. The fourth-order valence-electron chi connectivity index (χ4n) is 2.78. The van der Waals surface area contributed by atoms with Crippen molar-refractivity contribution in [1.82, 2.24) is 4.90 Å². The molecule has 0 aromatic carbocycles. The highest BCUT2D eigenvalue weighted by Crippen LogP contribution is 2.34. The number of aliphatic hydroxyl groups excluding tert-OH is 1. The van der Waals surface area contributed by atoms with E-state index in [2.05, 4.69) is 39.2 Å². The first-order valence-corrected chi connectivity index (χ1v) is 8.67. The number of aliphatic hydroxyl groups is 1. The molecule has 19 heavy (non-hydrogen) atoms. The molecule has 3 N–H and O–H groups in total. The van der Waals surface area contributed by atoms with Crippen LogP contribution in [-0.4, -0.2) is 35.7 Å². The second-order valence-electron chi connectivity index (χ2n) is 5.35. The maximum atomic E-state index is 9.24. The first kappa shape index (κ1) is 15.4. The Balaban J connectivity index is 2.10. The van der Waals surface area contributed by atoms with Crippen LogP contribution >= 0.6 is 27.3 Å². The molecule has 0 amide bonds. The Hall–Kier alpha value is 0.0600. The zero-order chi connectivity index (χ0) is 13.8. The maximum absolute atomic E-state index is 9.24. The monoisotopic (exact) mass is 346 g/mol. The van der Waals surface area contributed by atoms with Crippen LogP contribution in [0.4, 0.5) is 0 Å². The Bertz CT molecular complexity index is 391. The molecule has 0 saturated carbocycles. The van der Waals surface area contributed by atoms with Crippen molar-refractivity contribution in [3.8, 4) is 0 Å². The van der Waals surface area contributed by atoms with Gasteiger partial charge in [0, 0.05) is 27.4 Å². The molecular formula is C14H23BrN2OS. The SMILES string of the molecule is CCC(N)C(c1cc(Br)cs1)N1CCC(CO)CC1. The topological polar surface area (TPSA) is 49.5 Å². The van der Waals surface area contributed by atoms with Crippen LogP contribution in [0.25, 0.3) is 0 Å². The maximum Gasteiger partial charge on any atom is 0.0593 e. The highest BCUT2D eigenvalue weighted by molar-refractivity contribution is 9.10. The summed E-state index contributed by atoms with van der Waals surface area (Å²) in [6.45, 7) is 4.56. The number of thiophene rings is 1. The van der Waals surface area contributed by atoms with E-state index >= 15 is 0 Å². The zero-order valence-electron chi connectivity index (χ0n) is 11.4. The molecule has 1 aliphatic rings. The summed E-state index contributed by atoms with van der Waals surface area (Å²) in [6, 6.07) is 2.69. The largest absolute Gasteiger partial charge is 0.396 e. The van der Waals surface area contributed by atoms with Crippen molar-refractivity contribution < 1.29 is 5.11 Å². The van der Waals surface area contributed by atoms with Crippen molar-refractivity contribution in [1.29, 1.82) is 0 Å². The van der Waals surface area contributed by atoms with Gasteiger partial charge in [0.1, 0.15) is 0 Å². The van der Waals surface area contributed by atoms with Crippen LogP contribution in [0.1, 0.15) is 37.1 Å². The van der Waals surface area contributed by atoms with Crippen LogP contribution in [0.5, 0.6) is 0 Å². The molecule has 2 rings (SSSR count). The molecule has 5 heteroatoms. The fraction of sp³-hybridized carbons (Fsp3) is 0.714. The minimum Gasteiger partial charge on any atom is -0.396 e. The number of halogens is 1. The van der Waals surface area contributed by atoms with Crippen LogP contribution in [0, 0.1) is 5.92 Å². The summed E-state index contributed by atoms with van der Waals surface area (Å²) in [5.74, 6) is 0.477. The Morgan fingerprint density at radius 3 is 2.68 bits per heavy atom. The number of likely N-dealkylation sites (tertiary alicyclic amines) is 1. The molecule has 3 nitrogen and oxygen atoms in total. The summed E-state index contributed by atoms with van der Waals surface area (Å²) >= 11 is 5.32. The van der Waals surface area contributed by atoms with E-state index in [1.807, 2.05) is 0 Å². The predicted octanol–water partition coefficient (Wildman–Crippen LogP) is 2.99. The van der Waals surface area contributed by atoms with Gasteiger partial charge in [-0.15, -0.1) is 11.3 Å². The molecule has 1 aromatic rings. The number of piperidine rings is 1. The van der Waals surface area contributed by atoms with Crippen molar-refractivity contribution in [3.63, 3.8) is 0 Å². The third kappa shape index (κ3) is 3.79. The Labute approximate surface area is 127 Å². The lowest BCUT2D eigenvalue weighted by Crippen LogP contribution is -2.44. The van der Waals surface area contributed by atoms with Crippen LogP contribution in [0.15, 0.2) is 15.9 Å². The number of hydrogen-bond acceptors (Lipinski definition) is 4. The third-order valence-electron chi connectivity index (χ3n) is 4.06. The van der Waals surface area contributed by atoms with E-state index in [-0.39, 0.29) is 6.04 Å².